The molecule has 0 saturated carbocycles. The average molecular weight is 410 g/mol. The molecule has 0 bridgehead atoms. The highest BCUT2D eigenvalue weighted by Crippen LogP contribution is 2.41. The summed E-state index contributed by atoms with van der Waals surface area (Å²) in [5.41, 5.74) is 3.79. The van der Waals surface area contributed by atoms with Crippen LogP contribution in [-0.2, 0) is 9.53 Å². The van der Waals surface area contributed by atoms with Gasteiger partial charge in [0.1, 0.15) is 12.4 Å². The molecule has 0 aliphatic carbocycles. The molecule has 2 aliphatic rings. The fraction of sp³-hybridized carbons (Fsp3) is 0.391. The lowest BCUT2D eigenvalue weighted by Gasteiger charge is -2.37. The molecule has 2 atom stereocenters. The standard InChI is InChI=1S/C23H26N2O5/c1-15-19-8-7-18(22(26)24-28)13-21(19)30-14-20(16-5-3-2-4-6-16)25(15)23(27)17-9-11-29-12-10-17/h2-8,13,15,17,20,28H,9-12,14H2,1H3,(H,24,26). The Bertz CT molecular complexity index is 911. The van der Waals surface area contributed by atoms with Crippen LogP contribution in [-0.4, -0.2) is 41.7 Å². The largest absolute Gasteiger partial charge is 0.491 e. The lowest BCUT2D eigenvalue weighted by atomic mass is 9.93. The predicted octanol–water partition coefficient (Wildman–Crippen LogP) is 3.26. The van der Waals surface area contributed by atoms with Gasteiger partial charge in [0.15, 0.2) is 0 Å². The molecule has 7 nitrogen and oxygen atoms in total. The molecule has 158 valence electrons. The van der Waals surface area contributed by atoms with Crippen LogP contribution in [0, 0.1) is 5.92 Å². The van der Waals surface area contributed by atoms with Crippen molar-refractivity contribution in [1.29, 1.82) is 0 Å². The summed E-state index contributed by atoms with van der Waals surface area (Å²) in [6.45, 7) is 3.47. The van der Waals surface area contributed by atoms with Crippen molar-refractivity contribution < 1.29 is 24.3 Å². The third kappa shape index (κ3) is 3.91. The van der Waals surface area contributed by atoms with Gasteiger partial charge < -0.3 is 14.4 Å². The van der Waals surface area contributed by atoms with Gasteiger partial charge in [0.2, 0.25) is 5.91 Å². The van der Waals surface area contributed by atoms with Crippen molar-refractivity contribution >= 4 is 11.8 Å². The Kier molecular flexibility index (Phi) is 6.01. The Morgan fingerprint density at radius 1 is 1.10 bits per heavy atom. The van der Waals surface area contributed by atoms with Crippen LogP contribution in [0.15, 0.2) is 48.5 Å². The lowest BCUT2D eigenvalue weighted by molar-refractivity contribution is -0.144. The van der Waals surface area contributed by atoms with Crippen LogP contribution in [0.4, 0.5) is 0 Å². The Morgan fingerprint density at radius 2 is 1.83 bits per heavy atom. The maximum absolute atomic E-state index is 13.6. The molecule has 7 heteroatoms. The summed E-state index contributed by atoms with van der Waals surface area (Å²) in [6.07, 6.45) is 1.43. The number of amides is 2. The van der Waals surface area contributed by atoms with E-state index >= 15 is 0 Å². The normalized spacial score (nSPS) is 21.9. The summed E-state index contributed by atoms with van der Waals surface area (Å²) < 4.78 is 11.6. The van der Waals surface area contributed by atoms with Crippen molar-refractivity contribution in [2.45, 2.75) is 31.8 Å². The van der Waals surface area contributed by atoms with Crippen molar-refractivity contribution in [3.05, 3.63) is 65.2 Å². The molecule has 0 spiro atoms. The third-order valence-corrected chi connectivity index (χ3v) is 5.99. The first kappa shape index (κ1) is 20.4. The van der Waals surface area contributed by atoms with E-state index in [1.165, 1.54) is 0 Å². The van der Waals surface area contributed by atoms with Gasteiger partial charge in [-0.15, -0.1) is 0 Å². The second kappa shape index (κ2) is 8.85. The van der Waals surface area contributed by atoms with Gasteiger partial charge in [-0.1, -0.05) is 36.4 Å². The zero-order valence-corrected chi connectivity index (χ0v) is 16.9. The molecule has 2 aromatic rings. The first-order valence-corrected chi connectivity index (χ1v) is 10.3. The number of ether oxygens (including phenoxy) is 2. The number of rotatable bonds is 3. The maximum atomic E-state index is 13.6. The van der Waals surface area contributed by atoms with Gasteiger partial charge in [-0.25, -0.2) is 5.48 Å². The van der Waals surface area contributed by atoms with Gasteiger partial charge >= 0.3 is 0 Å². The molecule has 2 aromatic carbocycles. The van der Waals surface area contributed by atoms with Gasteiger partial charge in [-0.3, -0.25) is 14.8 Å². The topological polar surface area (TPSA) is 88.1 Å². The Balaban J connectivity index is 1.74. The van der Waals surface area contributed by atoms with Gasteiger partial charge in [-0.2, -0.15) is 0 Å². The molecule has 2 N–H and O–H groups in total. The first-order chi connectivity index (χ1) is 14.6. The van der Waals surface area contributed by atoms with E-state index < -0.39 is 5.91 Å². The highest BCUT2D eigenvalue weighted by atomic mass is 16.5. The smallest absolute Gasteiger partial charge is 0.274 e. The number of carbonyl (C=O) groups excluding carboxylic acids is 2. The minimum Gasteiger partial charge on any atom is -0.491 e. The molecule has 30 heavy (non-hydrogen) atoms. The molecule has 0 aromatic heterocycles. The molecular weight excluding hydrogens is 384 g/mol. The molecular formula is C23H26N2O5. The first-order valence-electron chi connectivity index (χ1n) is 10.3. The van der Waals surface area contributed by atoms with Gasteiger partial charge in [0, 0.05) is 30.3 Å². The number of hydrogen-bond donors (Lipinski definition) is 2. The second-order valence-electron chi connectivity index (χ2n) is 7.74. The van der Waals surface area contributed by atoms with Gasteiger partial charge in [0.05, 0.1) is 12.1 Å². The molecule has 4 rings (SSSR count). The number of nitrogens with one attached hydrogen (secondary N) is 1. The van der Waals surface area contributed by atoms with Crippen molar-refractivity contribution in [3.8, 4) is 5.75 Å². The summed E-state index contributed by atoms with van der Waals surface area (Å²) in [7, 11) is 0. The van der Waals surface area contributed by atoms with E-state index in [9.17, 15) is 9.59 Å². The van der Waals surface area contributed by atoms with Crippen molar-refractivity contribution in [2.24, 2.45) is 5.92 Å². The Hall–Kier alpha value is -2.90. The molecule has 2 unspecified atom stereocenters. The van der Waals surface area contributed by atoms with Crippen LogP contribution in [0.1, 0.15) is 53.3 Å². The minimum absolute atomic E-state index is 0.0756. The molecule has 1 saturated heterocycles. The maximum Gasteiger partial charge on any atom is 0.274 e. The summed E-state index contributed by atoms with van der Waals surface area (Å²) >= 11 is 0. The monoisotopic (exact) mass is 410 g/mol. The van der Waals surface area contributed by atoms with Crippen LogP contribution >= 0.6 is 0 Å². The molecule has 2 heterocycles. The Morgan fingerprint density at radius 3 is 2.53 bits per heavy atom. The highest BCUT2D eigenvalue weighted by Gasteiger charge is 2.38. The van der Waals surface area contributed by atoms with Crippen LogP contribution in [0.5, 0.6) is 5.75 Å². The van der Waals surface area contributed by atoms with E-state index in [0.29, 0.717) is 37.4 Å². The van der Waals surface area contributed by atoms with Crippen molar-refractivity contribution in [1.82, 2.24) is 10.4 Å². The zero-order valence-electron chi connectivity index (χ0n) is 16.9. The van der Waals surface area contributed by atoms with Crippen LogP contribution in [0.3, 0.4) is 0 Å². The van der Waals surface area contributed by atoms with E-state index in [2.05, 4.69) is 0 Å². The molecule has 2 amide bonds. The summed E-state index contributed by atoms with van der Waals surface area (Å²) in [4.78, 5) is 27.4. The van der Waals surface area contributed by atoms with Crippen LogP contribution < -0.4 is 10.2 Å². The summed E-state index contributed by atoms with van der Waals surface area (Å²) in [5.74, 6) is -0.0264. The van der Waals surface area contributed by atoms with Crippen molar-refractivity contribution in [3.63, 3.8) is 0 Å². The van der Waals surface area contributed by atoms with E-state index in [1.807, 2.05) is 42.2 Å². The Labute approximate surface area is 175 Å². The van der Waals surface area contributed by atoms with E-state index in [-0.39, 0.29) is 30.5 Å². The quantitative estimate of drug-likeness (QED) is 0.599. The number of benzene rings is 2. The summed E-state index contributed by atoms with van der Waals surface area (Å²) in [5, 5.41) is 8.95. The van der Waals surface area contributed by atoms with Crippen LogP contribution in [0.2, 0.25) is 0 Å². The molecule has 1 fully saturated rings. The number of hydroxylamine groups is 1. The number of nitrogens with zero attached hydrogens (tertiary/aromatic N) is 1. The number of fused-ring (bicyclic) bond motifs is 1. The van der Waals surface area contributed by atoms with Gasteiger partial charge in [0.25, 0.3) is 5.91 Å². The predicted molar refractivity (Wildman–Crippen MR) is 109 cm³/mol. The highest BCUT2D eigenvalue weighted by molar-refractivity contribution is 5.94. The SMILES string of the molecule is CC1c2ccc(C(=O)NO)cc2OCC(c2ccccc2)N1C(=O)C1CCOCC1. The third-order valence-electron chi connectivity index (χ3n) is 5.99. The summed E-state index contributed by atoms with van der Waals surface area (Å²) in [6, 6.07) is 14.4. The fourth-order valence-corrected chi connectivity index (χ4v) is 4.31. The van der Waals surface area contributed by atoms with E-state index in [1.54, 1.807) is 23.7 Å². The minimum atomic E-state index is -0.604. The molecule has 2 aliphatic heterocycles. The van der Waals surface area contributed by atoms with Crippen molar-refractivity contribution in [2.75, 3.05) is 19.8 Å². The molecule has 0 radical (unpaired) electrons. The second-order valence-corrected chi connectivity index (χ2v) is 7.74. The lowest BCUT2D eigenvalue weighted by Crippen LogP contribution is -2.43. The fourth-order valence-electron chi connectivity index (χ4n) is 4.31. The average Bonchev–Trinajstić information content (AvgIpc) is 2.95. The van der Waals surface area contributed by atoms with Crippen LogP contribution in [0.25, 0.3) is 0 Å². The number of carbonyl (C=O) groups is 2. The van der Waals surface area contributed by atoms with E-state index in [4.69, 9.17) is 14.7 Å². The zero-order chi connectivity index (χ0) is 21.1. The van der Waals surface area contributed by atoms with E-state index in [0.717, 1.165) is 11.1 Å². The van der Waals surface area contributed by atoms with Gasteiger partial charge in [-0.05, 0) is 37.5 Å². The number of hydrogen-bond acceptors (Lipinski definition) is 5.